The van der Waals surface area contributed by atoms with Crippen LogP contribution in [-0.4, -0.2) is 14.7 Å². The van der Waals surface area contributed by atoms with Crippen LogP contribution in [0.25, 0.3) is 0 Å². The van der Waals surface area contributed by atoms with Gasteiger partial charge in [-0.2, -0.15) is 0 Å². The molecule has 1 nitrogen and oxygen atoms in total. The van der Waals surface area contributed by atoms with Crippen molar-refractivity contribution in [1.82, 2.24) is 0 Å². The highest BCUT2D eigenvalue weighted by atomic mass is 32.2. The van der Waals surface area contributed by atoms with Gasteiger partial charge in [-0.25, -0.2) is 0 Å². The highest BCUT2D eigenvalue weighted by Crippen LogP contribution is 2.21. The molecule has 0 fully saturated rings. The van der Waals surface area contributed by atoms with Crippen molar-refractivity contribution < 1.29 is 4.21 Å². The van der Waals surface area contributed by atoms with Gasteiger partial charge in [-0.1, -0.05) is 36.8 Å². The zero-order chi connectivity index (χ0) is 12.3. The smallest absolute Gasteiger partial charge is 0.0375 e. The number of aryl methyl sites for hydroxylation is 1. The van der Waals surface area contributed by atoms with E-state index in [-0.39, 0.29) is 4.75 Å². The molecule has 0 saturated carbocycles. The van der Waals surface area contributed by atoms with Crippen LogP contribution in [0.1, 0.15) is 44.7 Å². The minimum Gasteiger partial charge on any atom is -0.259 e. The number of rotatable bonds is 3. The summed E-state index contributed by atoms with van der Waals surface area (Å²) in [6.45, 7) is 10.3. The molecular weight excluding hydrogens is 216 g/mol. The fourth-order valence-corrected chi connectivity index (χ4v) is 2.70. The molecule has 1 aromatic carbocycles. The molecule has 0 unspecified atom stereocenters. The molecule has 0 N–H and O–H groups in total. The van der Waals surface area contributed by atoms with Crippen LogP contribution in [0.4, 0.5) is 0 Å². The van der Waals surface area contributed by atoms with Crippen molar-refractivity contribution in [2.45, 2.75) is 45.3 Å². The molecule has 0 spiro atoms. The second-order valence-electron chi connectivity index (χ2n) is 5.44. The summed E-state index contributed by atoms with van der Waals surface area (Å²) in [6.07, 6.45) is 0. The molecule has 0 aliphatic heterocycles. The van der Waals surface area contributed by atoms with Gasteiger partial charge >= 0.3 is 0 Å². The van der Waals surface area contributed by atoms with Crippen molar-refractivity contribution in [3.8, 4) is 0 Å². The van der Waals surface area contributed by atoms with E-state index in [9.17, 15) is 4.21 Å². The summed E-state index contributed by atoms with van der Waals surface area (Å²) >= 11 is 0. The molecule has 16 heavy (non-hydrogen) atoms. The van der Waals surface area contributed by atoms with E-state index < -0.39 is 10.8 Å². The van der Waals surface area contributed by atoms with E-state index in [0.29, 0.717) is 5.92 Å². The van der Waals surface area contributed by atoms with Crippen molar-refractivity contribution >= 4 is 10.8 Å². The molecule has 2 atom stereocenters. The monoisotopic (exact) mass is 238 g/mol. The lowest BCUT2D eigenvalue weighted by Gasteiger charge is -2.21. The molecule has 1 rings (SSSR count). The summed E-state index contributed by atoms with van der Waals surface area (Å²) in [5.74, 6) is 1.10. The Morgan fingerprint density at radius 1 is 1.31 bits per heavy atom. The first-order valence-corrected chi connectivity index (χ1v) is 7.07. The fourth-order valence-electron chi connectivity index (χ4n) is 1.55. The molecule has 2 heteroatoms. The summed E-state index contributed by atoms with van der Waals surface area (Å²) in [4.78, 5) is 0. The van der Waals surface area contributed by atoms with Gasteiger partial charge in [0.1, 0.15) is 0 Å². The molecule has 0 heterocycles. The minimum absolute atomic E-state index is 0.113. The standard InChI is InChI=1S/C14H22OS/c1-11-7-6-8-13(9-11)12(2)10-16(15)14(3,4)5/h6-9,12H,10H2,1-5H3/t12-,16-/m0/s1. The fraction of sp³-hybridized carbons (Fsp3) is 0.571. The second-order valence-corrected chi connectivity index (χ2v) is 7.69. The van der Waals surface area contributed by atoms with Crippen LogP contribution < -0.4 is 0 Å². The van der Waals surface area contributed by atoms with Crippen LogP contribution in [0.15, 0.2) is 24.3 Å². The third kappa shape index (κ3) is 3.75. The van der Waals surface area contributed by atoms with Gasteiger partial charge in [0.15, 0.2) is 0 Å². The topological polar surface area (TPSA) is 17.1 Å². The SMILES string of the molecule is Cc1cccc([C@@H](C)C[S@](=O)C(C)(C)C)c1. The summed E-state index contributed by atoms with van der Waals surface area (Å²) < 4.78 is 11.9. The Labute approximate surface area is 102 Å². The maximum absolute atomic E-state index is 12.0. The van der Waals surface area contributed by atoms with Crippen LogP contribution >= 0.6 is 0 Å². The predicted molar refractivity (Wildman–Crippen MR) is 72.4 cm³/mol. The van der Waals surface area contributed by atoms with Crippen LogP contribution in [0.5, 0.6) is 0 Å². The largest absolute Gasteiger partial charge is 0.259 e. The normalized spacial score (nSPS) is 15.8. The Hall–Kier alpha value is -0.630. The molecule has 0 radical (unpaired) electrons. The average molecular weight is 238 g/mol. The van der Waals surface area contributed by atoms with Gasteiger partial charge in [0, 0.05) is 21.3 Å². The Bertz CT molecular complexity index is 377. The molecule has 0 aromatic heterocycles. The lowest BCUT2D eigenvalue weighted by molar-refractivity contribution is 0.642. The first kappa shape index (κ1) is 13.4. The number of benzene rings is 1. The van der Waals surface area contributed by atoms with Crippen molar-refractivity contribution in [3.63, 3.8) is 0 Å². The van der Waals surface area contributed by atoms with Gasteiger partial charge in [-0.3, -0.25) is 4.21 Å². The van der Waals surface area contributed by atoms with E-state index in [0.717, 1.165) is 5.75 Å². The van der Waals surface area contributed by atoms with Crippen molar-refractivity contribution in [2.75, 3.05) is 5.75 Å². The first-order valence-electron chi connectivity index (χ1n) is 5.76. The molecule has 0 bridgehead atoms. The average Bonchev–Trinajstić information content (AvgIpc) is 2.16. The van der Waals surface area contributed by atoms with Crippen LogP contribution in [0.2, 0.25) is 0 Å². The minimum atomic E-state index is -0.775. The second kappa shape index (κ2) is 5.13. The third-order valence-corrected chi connectivity index (χ3v) is 4.86. The molecule has 1 aromatic rings. The summed E-state index contributed by atoms with van der Waals surface area (Å²) in [6, 6.07) is 8.47. The molecule has 0 saturated heterocycles. The Kier molecular flexibility index (Phi) is 4.31. The van der Waals surface area contributed by atoms with Gasteiger partial charge in [0.2, 0.25) is 0 Å². The van der Waals surface area contributed by atoms with E-state index in [2.05, 4.69) is 38.1 Å². The van der Waals surface area contributed by atoms with E-state index in [1.165, 1.54) is 11.1 Å². The van der Waals surface area contributed by atoms with E-state index >= 15 is 0 Å². The summed E-state index contributed by atoms with van der Waals surface area (Å²) in [5, 5.41) is 0. The van der Waals surface area contributed by atoms with Gasteiger partial charge in [0.25, 0.3) is 0 Å². The summed E-state index contributed by atoms with van der Waals surface area (Å²) in [7, 11) is -0.775. The Morgan fingerprint density at radius 3 is 2.44 bits per heavy atom. The molecule has 0 aliphatic carbocycles. The lowest BCUT2D eigenvalue weighted by atomic mass is 10.0. The highest BCUT2D eigenvalue weighted by molar-refractivity contribution is 7.86. The quantitative estimate of drug-likeness (QED) is 0.785. The van der Waals surface area contributed by atoms with Gasteiger partial charge in [-0.15, -0.1) is 0 Å². The number of hydrogen-bond donors (Lipinski definition) is 0. The van der Waals surface area contributed by atoms with E-state index in [1.807, 2.05) is 20.8 Å². The predicted octanol–water partition coefficient (Wildman–Crippen LogP) is 3.65. The first-order chi connectivity index (χ1) is 7.30. The molecular formula is C14H22OS. The van der Waals surface area contributed by atoms with Crippen molar-refractivity contribution in [1.29, 1.82) is 0 Å². The van der Waals surface area contributed by atoms with Crippen molar-refractivity contribution in [3.05, 3.63) is 35.4 Å². The van der Waals surface area contributed by atoms with Crippen LogP contribution in [0.3, 0.4) is 0 Å². The lowest BCUT2D eigenvalue weighted by Crippen LogP contribution is -2.26. The van der Waals surface area contributed by atoms with Gasteiger partial charge < -0.3 is 0 Å². The van der Waals surface area contributed by atoms with Crippen LogP contribution in [-0.2, 0) is 10.8 Å². The van der Waals surface area contributed by atoms with Gasteiger partial charge in [-0.05, 0) is 39.2 Å². The maximum Gasteiger partial charge on any atom is 0.0375 e. The maximum atomic E-state index is 12.0. The highest BCUT2D eigenvalue weighted by Gasteiger charge is 2.21. The van der Waals surface area contributed by atoms with E-state index in [1.54, 1.807) is 0 Å². The zero-order valence-electron chi connectivity index (χ0n) is 10.9. The molecule has 0 amide bonds. The van der Waals surface area contributed by atoms with Crippen LogP contribution in [0, 0.1) is 6.92 Å². The summed E-state index contributed by atoms with van der Waals surface area (Å²) in [5.41, 5.74) is 2.56. The number of hydrogen-bond acceptors (Lipinski definition) is 1. The molecule has 90 valence electrons. The zero-order valence-corrected chi connectivity index (χ0v) is 11.7. The Morgan fingerprint density at radius 2 is 1.94 bits per heavy atom. The molecule has 0 aliphatic rings. The van der Waals surface area contributed by atoms with E-state index in [4.69, 9.17) is 0 Å². The van der Waals surface area contributed by atoms with Crippen molar-refractivity contribution in [2.24, 2.45) is 0 Å². The van der Waals surface area contributed by atoms with Gasteiger partial charge in [0.05, 0.1) is 0 Å². The third-order valence-electron chi connectivity index (χ3n) is 2.70. The Balaban J connectivity index is 2.73.